The lowest BCUT2D eigenvalue weighted by atomic mass is 9.95. The van der Waals surface area contributed by atoms with Crippen molar-refractivity contribution in [3.05, 3.63) is 0 Å². The Kier molecular flexibility index (Phi) is 5.06. The van der Waals surface area contributed by atoms with Gasteiger partial charge in [0.05, 0.1) is 0 Å². The van der Waals surface area contributed by atoms with Gasteiger partial charge in [0.15, 0.2) is 0 Å². The molecule has 0 aromatic carbocycles. The Bertz CT molecular complexity index is 261. The minimum absolute atomic E-state index is 0.0306. The Hall–Kier alpha value is -0.770. The Morgan fingerprint density at radius 2 is 1.94 bits per heavy atom. The summed E-state index contributed by atoms with van der Waals surface area (Å²) in [5.74, 6) is 0.141. The lowest BCUT2D eigenvalue weighted by molar-refractivity contribution is -0.133. The van der Waals surface area contributed by atoms with Crippen molar-refractivity contribution in [2.45, 2.75) is 32.7 Å². The van der Waals surface area contributed by atoms with Crippen LogP contribution in [0.4, 0.5) is 0 Å². The van der Waals surface area contributed by atoms with Gasteiger partial charge in [-0.1, -0.05) is 0 Å². The van der Waals surface area contributed by atoms with Crippen LogP contribution in [-0.2, 0) is 9.59 Å². The lowest BCUT2D eigenvalue weighted by Crippen LogP contribution is -2.44. The van der Waals surface area contributed by atoms with Crippen LogP contribution in [0.15, 0.2) is 0 Å². The number of hydrogen-bond acceptors (Lipinski definition) is 2. The Morgan fingerprint density at radius 3 is 2.38 bits per heavy atom. The highest BCUT2D eigenvalue weighted by molar-refractivity contribution is 6.27. The molecule has 0 bridgehead atoms. The molecule has 92 valence electrons. The third kappa shape index (κ3) is 3.67. The zero-order valence-corrected chi connectivity index (χ0v) is 10.6. The SMILES string of the molecule is CC(C)NC(=O)C1CCN(C(=O)CCl)CC1. The third-order valence-electron chi connectivity index (χ3n) is 2.76. The molecule has 0 saturated carbocycles. The number of halogens is 1. The van der Waals surface area contributed by atoms with Gasteiger partial charge in [-0.15, -0.1) is 11.6 Å². The quantitative estimate of drug-likeness (QED) is 0.755. The highest BCUT2D eigenvalue weighted by Gasteiger charge is 2.26. The van der Waals surface area contributed by atoms with E-state index in [1.807, 2.05) is 13.8 Å². The summed E-state index contributed by atoms with van der Waals surface area (Å²) in [6, 6.07) is 0.176. The zero-order chi connectivity index (χ0) is 12.1. The first-order valence-corrected chi connectivity index (χ1v) is 6.22. The fraction of sp³-hybridized carbons (Fsp3) is 0.818. The lowest BCUT2D eigenvalue weighted by Gasteiger charge is -2.31. The predicted octanol–water partition coefficient (Wildman–Crippen LogP) is 0.988. The highest BCUT2D eigenvalue weighted by atomic mass is 35.5. The molecule has 1 heterocycles. The first-order chi connectivity index (χ1) is 7.54. The van der Waals surface area contributed by atoms with Gasteiger partial charge in [-0.05, 0) is 26.7 Å². The molecule has 0 aromatic heterocycles. The molecule has 1 saturated heterocycles. The van der Waals surface area contributed by atoms with E-state index >= 15 is 0 Å². The molecule has 2 amide bonds. The van der Waals surface area contributed by atoms with Gasteiger partial charge < -0.3 is 10.2 Å². The molecule has 1 rings (SSSR count). The molecule has 4 nitrogen and oxygen atoms in total. The molecule has 0 unspecified atom stereocenters. The topological polar surface area (TPSA) is 49.4 Å². The summed E-state index contributed by atoms with van der Waals surface area (Å²) in [4.78, 5) is 24.8. The first-order valence-electron chi connectivity index (χ1n) is 5.68. The highest BCUT2D eigenvalue weighted by Crippen LogP contribution is 2.17. The standard InChI is InChI=1S/C11H19ClN2O2/c1-8(2)13-11(16)9-3-5-14(6-4-9)10(15)7-12/h8-9H,3-7H2,1-2H3,(H,13,16). The summed E-state index contributed by atoms with van der Waals surface area (Å²) < 4.78 is 0. The van der Waals surface area contributed by atoms with Crippen LogP contribution in [0.5, 0.6) is 0 Å². The number of hydrogen-bond donors (Lipinski definition) is 1. The molecule has 0 aliphatic carbocycles. The molecule has 0 atom stereocenters. The maximum atomic E-state index is 11.7. The molecule has 16 heavy (non-hydrogen) atoms. The minimum atomic E-state index is -0.0376. The van der Waals surface area contributed by atoms with Crippen LogP contribution in [0.3, 0.4) is 0 Å². The fourth-order valence-corrected chi connectivity index (χ4v) is 2.05. The van der Waals surface area contributed by atoms with Gasteiger partial charge in [-0.2, -0.15) is 0 Å². The van der Waals surface area contributed by atoms with E-state index in [9.17, 15) is 9.59 Å². The Morgan fingerprint density at radius 1 is 1.38 bits per heavy atom. The largest absolute Gasteiger partial charge is 0.354 e. The number of alkyl halides is 1. The van der Waals surface area contributed by atoms with Crippen LogP contribution in [0.1, 0.15) is 26.7 Å². The van der Waals surface area contributed by atoms with Gasteiger partial charge in [0, 0.05) is 25.0 Å². The third-order valence-corrected chi connectivity index (χ3v) is 2.99. The monoisotopic (exact) mass is 246 g/mol. The average Bonchev–Trinajstić information content (AvgIpc) is 2.27. The maximum Gasteiger partial charge on any atom is 0.237 e. The number of nitrogens with one attached hydrogen (secondary N) is 1. The summed E-state index contributed by atoms with van der Waals surface area (Å²) in [5.41, 5.74) is 0. The van der Waals surface area contributed by atoms with Crippen LogP contribution >= 0.6 is 11.6 Å². The van der Waals surface area contributed by atoms with Crippen LogP contribution in [0.2, 0.25) is 0 Å². The Balaban J connectivity index is 2.37. The second-order valence-electron chi connectivity index (χ2n) is 4.45. The number of nitrogens with zero attached hydrogens (tertiary/aromatic N) is 1. The van der Waals surface area contributed by atoms with E-state index in [1.54, 1.807) is 4.90 Å². The van der Waals surface area contributed by atoms with Crippen molar-refractivity contribution in [3.8, 4) is 0 Å². The smallest absolute Gasteiger partial charge is 0.237 e. The number of amides is 2. The summed E-state index contributed by atoms with van der Waals surface area (Å²) >= 11 is 5.48. The van der Waals surface area contributed by atoms with Gasteiger partial charge in [-0.3, -0.25) is 9.59 Å². The maximum absolute atomic E-state index is 11.7. The van der Waals surface area contributed by atoms with E-state index in [1.165, 1.54) is 0 Å². The van der Waals surface area contributed by atoms with Crippen molar-refractivity contribution >= 4 is 23.4 Å². The van der Waals surface area contributed by atoms with Crippen molar-refractivity contribution in [3.63, 3.8) is 0 Å². The second-order valence-corrected chi connectivity index (χ2v) is 4.72. The molecule has 5 heteroatoms. The normalized spacial score (nSPS) is 17.6. The van der Waals surface area contributed by atoms with Crippen molar-refractivity contribution in [2.24, 2.45) is 5.92 Å². The summed E-state index contributed by atoms with van der Waals surface area (Å²) in [6.45, 7) is 5.18. The average molecular weight is 247 g/mol. The second kappa shape index (κ2) is 6.09. The molecule has 1 aliphatic rings. The summed E-state index contributed by atoms with van der Waals surface area (Å²) in [6.07, 6.45) is 1.47. The van der Waals surface area contributed by atoms with Gasteiger partial charge in [0.2, 0.25) is 11.8 Å². The molecule has 1 N–H and O–H groups in total. The van der Waals surface area contributed by atoms with Gasteiger partial charge in [-0.25, -0.2) is 0 Å². The van der Waals surface area contributed by atoms with Crippen molar-refractivity contribution in [1.82, 2.24) is 10.2 Å². The van der Waals surface area contributed by atoms with E-state index in [0.717, 1.165) is 12.8 Å². The minimum Gasteiger partial charge on any atom is -0.354 e. The molecule has 1 aliphatic heterocycles. The number of rotatable bonds is 3. The molecule has 0 aromatic rings. The van der Waals surface area contributed by atoms with E-state index in [-0.39, 0.29) is 29.7 Å². The Labute approximate surface area is 101 Å². The summed E-state index contributed by atoms with van der Waals surface area (Å²) in [7, 11) is 0. The van der Waals surface area contributed by atoms with E-state index < -0.39 is 0 Å². The zero-order valence-electron chi connectivity index (χ0n) is 9.83. The van der Waals surface area contributed by atoms with Crippen molar-refractivity contribution in [1.29, 1.82) is 0 Å². The van der Waals surface area contributed by atoms with Crippen molar-refractivity contribution < 1.29 is 9.59 Å². The van der Waals surface area contributed by atoms with Gasteiger partial charge in [0.25, 0.3) is 0 Å². The number of carbonyl (C=O) groups is 2. The number of piperidine rings is 1. The van der Waals surface area contributed by atoms with Crippen LogP contribution in [-0.4, -0.2) is 41.7 Å². The molecule has 1 fully saturated rings. The molecule has 0 spiro atoms. The van der Waals surface area contributed by atoms with Gasteiger partial charge >= 0.3 is 0 Å². The molecular weight excluding hydrogens is 228 g/mol. The van der Waals surface area contributed by atoms with Crippen LogP contribution in [0.25, 0.3) is 0 Å². The van der Waals surface area contributed by atoms with Gasteiger partial charge in [0.1, 0.15) is 5.88 Å². The van der Waals surface area contributed by atoms with Crippen molar-refractivity contribution in [2.75, 3.05) is 19.0 Å². The molecular formula is C11H19ClN2O2. The fourth-order valence-electron chi connectivity index (χ4n) is 1.88. The van der Waals surface area contributed by atoms with E-state index in [4.69, 9.17) is 11.6 Å². The molecule has 0 radical (unpaired) electrons. The number of carbonyl (C=O) groups excluding carboxylic acids is 2. The van der Waals surface area contributed by atoms with E-state index in [2.05, 4.69) is 5.32 Å². The summed E-state index contributed by atoms with van der Waals surface area (Å²) in [5, 5.41) is 2.90. The number of likely N-dealkylation sites (tertiary alicyclic amines) is 1. The first kappa shape index (κ1) is 13.3. The van der Waals surface area contributed by atoms with Crippen LogP contribution < -0.4 is 5.32 Å². The predicted molar refractivity (Wildman–Crippen MR) is 63.3 cm³/mol. The van der Waals surface area contributed by atoms with Crippen LogP contribution in [0, 0.1) is 5.92 Å². The van der Waals surface area contributed by atoms with E-state index in [0.29, 0.717) is 13.1 Å².